The van der Waals surface area contributed by atoms with Crippen LogP contribution in [0.4, 0.5) is 5.82 Å². The molecular formula is C34H34KN5O3. The Hall–Kier alpha value is -2.50. The predicted octanol–water partition coefficient (Wildman–Crippen LogP) is 0.496. The van der Waals surface area contributed by atoms with Crippen LogP contribution in [0, 0.1) is 0 Å². The van der Waals surface area contributed by atoms with E-state index in [1.165, 1.54) is 11.1 Å². The molecule has 3 aliphatic rings. The van der Waals surface area contributed by atoms with Gasteiger partial charge >= 0.3 is 51.4 Å². The second kappa shape index (κ2) is 12.5. The molecule has 0 unspecified atom stereocenters. The van der Waals surface area contributed by atoms with Gasteiger partial charge in [-0.1, -0.05) is 49.2 Å². The molecule has 1 spiro atoms. The van der Waals surface area contributed by atoms with Gasteiger partial charge in [0, 0.05) is 35.9 Å². The van der Waals surface area contributed by atoms with Crippen molar-refractivity contribution in [1.29, 1.82) is 0 Å². The van der Waals surface area contributed by atoms with Gasteiger partial charge < -0.3 is 25.9 Å². The molecule has 3 heterocycles. The fraction of sp³-hybridized carbons (Fsp3) is 0.353. The smallest absolute Gasteiger partial charge is 0.548 e. The summed E-state index contributed by atoms with van der Waals surface area (Å²) in [5.74, 6) is -0.292. The van der Waals surface area contributed by atoms with Crippen molar-refractivity contribution in [2.24, 2.45) is 0 Å². The number of hydrogen-bond donors (Lipinski definition) is 3. The van der Waals surface area contributed by atoms with Crippen LogP contribution >= 0.6 is 0 Å². The summed E-state index contributed by atoms with van der Waals surface area (Å²) in [6.07, 6.45) is 8.76. The molecule has 43 heavy (non-hydrogen) atoms. The minimum absolute atomic E-state index is 0. The Kier molecular flexibility index (Phi) is 8.85. The van der Waals surface area contributed by atoms with E-state index in [0.29, 0.717) is 44.6 Å². The number of nitrogens with zero attached hydrogens (tertiary/aromatic N) is 2. The van der Waals surface area contributed by atoms with E-state index >= 15 is 0 Å². The number of amides is 1. The van der Waals surface area contributed by atoms with Gasteiger partial charge in [-0.05, 0) is 85.2 Å². The van der Waals surface area contributed by atoms with Crippen molar-refractivity contribution < 1.29 is 66.1 Å². The largest absolute Gasteiger partial charge is 1.00 e. The molecule has 8 nitrogen and oxygen atoms in total. The van der Waals surface area contributed by atoms with Gasteiger partial charge in [-0.3, -0.25) is 9.78 Å². The summed E-state index contributed by atoms with van der Waals surface area (Å²) >= 11 is 0. The maximum absolute atomic E-state index is 13.1. The monoisotopic (exact) mass is 599 g/mol. The average Bonchev–Trinajstić information content (AvgIpc) is 3.71. The topological polar surface area (TPSA) is 119 Å². The summed E-state index contributed by atoms with van der Waals surface area (Å²) in [6, 6.07) is 20.7. The number of hydrogen-bond acceptors (Lipinski definition) is 7. The fourth-order valence-corrected chi connectivity index (χ4v) is 7.24. The van der Waals surface area contributed by atoms with Gasteiger partial charge in [0.15, 0.2) is 0 Å². The molecule has 1 fully saturated rings. The van der Waals surface area contributed by atoms with Gasteiger partial charge in [-0.15, -0.1) is 0 Å². The van der Waals surface area contributed by atoms with Crippen molar-refractivity contribution in [1.82, 2.24) is 20.6 Å². The Morgan fingerprint density at radius 2 is 1.77 bits per heavy atom. The molecule has 0 saturated heterocycles. The number of fused-ring (bicyclic) bond motifs is 4. The molecule has 2 atom stereocenters. The Labute approximate surface area is 293 Å². The standard InChI is InChI=1S/C34H35N5O3.K/c40-31-33(27-9-6-13-35-30(27)39-31)18-25-16-24-15-22(21-37-29(24)17-26(25)19-33)20-36-28(23-7-2-1-3-8-23)10-14-38-34(32(41)42)11-4-5-12-34;/h1-3,6-9,13,15-17,21,28,36,38H,4-5,10-12,14,18-20H2,(H,41,42)(H,35,39,40);/q;+1/p-1/t28-,33-;/m0./s1. The van der Waals surface area contributed by atoms with E-state index in [4.69, 9.17) is 4.98 Å². The Bertz CT molecular complexity index is 1670. The molecule has 9 heteroatoms. The summed E-state index contributed by atoms with van der Waals surface area (Å²) < 4.78 is 0. The van der Waals surface area contributed by atoms with Crippen molar-refractivity contribution in [3.8, 4) is 0 Å². The quantitative estimate of drug-likeness (QED) is 0.240. The van der Waals surface area contributed by atoms with Crippen molar-refractivity contribution >= 4 is 28.6 Å². The third kappa shape index (κ3) is 5.72. The van der Waals surface area contributed by atoms with E-state index in [1.54, 1.807) is 6.20 Å². The summed E-state index contributed by atoms with van der Waals surface area (Å²) in [6.45, 7) is 1.20. The summed E-state index contributed by atoms with van der Waals surface area (Å²) in [5.41, 5.74) is 4.98. The van der Waals surface area contributed by atoms with Crippen LogP contribution in [0.2, 0.25) is 0 Å². The van der Waals surface area contributed by atoms with E-state index in [-0.39, 0.29) is 63.3 Å². The van der Waals surface area contributed by atoms with E-state index in [1.807, 2.05) is 36.5 Å². The van der Waals surface area contributed by atoms with E-state index in [9.17, 15) is 14.7 Å². The minimum atomic E-state index is -0.988. The normalized spacial score (nSPS) is 20.4. The second-order valence-electron chi connectivity index (χ2n) is 12.1. The molecular weight excluding hydrogens is 566 g/mol. The molecule has 7 rings (SSSR count). The second-order valence-corrected chi connectivity index (χ2v) is 12.1. The third-order valence-corrected chi connectivity index (χ3v) is 9.53. The first-order valence-corrected chi connectivity index (χ1v) is 14.9. The molecule has 214 valence electrons. The van der Waals surface area contributed by atoms with Crippen LogP contribution in [0.1, 0.15) is 66.0 Å². The number of aliphatic carboxylic acids is 1. The molecule has 0 bridgehead atoms. The van der Waals surface area contributed by atoms with E-state index in [2.05, 4.69) is 51.3 Å². The Morgan fingerprint density at radius 1 is 1.00 bits per heavy atom. The zero-order valence-electron chi connectivity index (χ0n) is 24.5. The molecule has 1 amide bonds. The molecule has 3 N–H and O–H groups in total. The number of carboxylic acid groups (broad SMARTS) is 1. The number of aromatic nitrogens is 2. The molecule has 1 aliphatic heterocycles. The van der Waals surface area contributed by atoms with Crippen LogP contribution in [0.15, 0.2) is 73.1 Å². The number of anilines is 1. The zero-order valence-corrected chi connectivity index (χ0v) is 27.6. The number of pyridine rings is 2. The Morgan fingerprint density at radius 3 is 2.53 bits per heavy atom. The van der Waals surface area contributed by atoms with Crippen LogP contribution in [0.25, 0.3) is 10.9 Å². The fourth-order valence-electron chi connectivity index (χ4n) is 7.24. The van der Waals surface area contributed by atoms with Crippen molar-refractivity contribution in [2.75, 3.05) is 11.9 Å². The first-order valence-electron chi connectivity index (χ1n) is 14.9. The summed E-state index contributed by atoms with van der Waals surface area (Å²) in [7, 11) is 0. The van der Waals surface area contributed by atoms with Crippen LogP contribution in [-0.4, -0.2) is 33.9 Å². The van der Waals surface area contributed by atoms with Gasteiger partial charge in [0.2, 0.25) is 5.91 Å². The maximum atomic E-state index is 13.1. The number of rotatable bonds is 9. The first-order chi connectivity index (χ1) is 20.5. The van der Waals surface area contributed by atoms with E-state index in [0.717, 1.165) is 46.9 Å². The summed E-state index contributed by atoms with van der Waals surface area (Å²) in [4.78, 5) is 34.2. The first kappa shape index (κ1) is 30.5. The van der Waals surface area contributed by atoms with Gasteiger partial charge in [-0.2, -0.15) is 0 Å². The number of benzene rings is 2. The Balaban J connectivity index is 0.00000329. The minimum Gasteiger partial charge on any atom is -0.548 e. The van der Waals surface area contributed by atoms with Gasteiger partial charge in [0.25, 0.3) is 0 Å². The van der Waals surface area contributed by atoms with Gasteiger partial charge in [0.05, 0.1) is 22.4 Å². The van der Waals surface area contributed by atoms with Crippen LogP contribution in [0.3, 0.4) is 0 Å². The van der Waals surface area contributed by atoms with Crippen LogP contribution in [-0.2, 0) is 34.4 Å². The molecule has 2 aromatic carbocycles. The average molecular weight is 600 g/mol. The van der Waals surface area contributed by atoms with Gasteiger partial charge in [0.1, 0.15) is 5.82 Å². The zero-order chi connectivity index (χ0) is 28.7. The maximum Gasteiger partial charge on any atom is 1.00 e. The summed E-state index contributed by atoms with van der Waals surface area (Å²) in [5, 5.41) is 22.9. The van der Waals surface area contributed by atoms with Crippen molar-refractivity contribution in [3.63, 3.8) is 0 Å². The molecule has 1 saturated carbocycles. The molecule has 2 aromatic heterocycles. The van der Waals surface area contributed by atoms with Crippen LogP contribution < -0.4 is 72.4 Å². The van der Waals surface area contributed by atoms with Crippen molar-refractivity contribution in [3.05, 3.63) is 101 Å². The molecule has 2 aliphatic carbocycles. The predicted molar refractivity (Wildman–Crippen MR) is 159 cm³/mol. The third-order valence-electron chi connectivity index (χ3n) is 9.53. The number of carbonyl (C=O) groups is 2. The van der Waals surface area contributed by atoms with E-state index < -0.39 is 16.9 Å². The van der Waals surface area contributed by atoms with Gasteiger partial charge in [-0.25, -0.2) is 4.98 Å². The van der Waals surface area contributed by atoms with Crippen molar-refractivity contribution in [2.45, 2.75) is 68.5 Å². The van der Waals surface area contributed by atoms with Crippen LogP contribution in [0.5, 0.6) is 0 Å². The molecule has 4 aromatic rings. The SMILES string of the molecule is O=C([O-])C1(NCC[C@H](NCc2cnc3cc4c(cc3c2)C[C@@]2(C4)C(=O)Nc3ncccc32)c2ccccc2)CCCC1.[K+]. The molecule has 0 radical (unpaired) electrons. The number of nitrogens with one attached hydrogen (secondary N) is 3. The number of carbonyl (C=O) groups excluding carboxylic acids is 2. The number of carboxylic acids is 1.